The summed E-state index contributed by atoms with van der Waals surface area (Å²) in [6, 6.07) is 7.98. The molecular formula is C20H22N6O3. The zero-order valence-electron chi connectivity index (χ0n) is 15.9. The van der Waals surface area contributed by atoms with Crippen LogP contribution in [0.5, 0.6) is 5.75 Å². The highest BCUT2D eigenvalue weighted by Crippen LogP contribution is 2.34. The molecule has 4 heterocycles. The maximum absolute atomic E-state index is 11.5. The number of amides is 1. The van der Waals surface area contributed by atoms with Crippen molar-refractivity contribution in [3.8, 4) is 5.75 Å². The summed E-state index contributed by atoms with van der Waals surface area (Å²) in [4.78, 5) is 21.4. The number of carboxylic acid groups (broad SMARTS) is 1. The first-order valence-electron chi connectivity index (χ1n) is 9.84. The number of nitrogens with zero attached hydrogens (tertiary/aromatic N) is 5. The summed E-state index contributed by atoms with van der Waals surface area (Å²) in [5.41, 5.74) is 2.95. The van der Waals surface area contributed by atoms with Gasteiger partial charge in [-0.2, -0.15) is 14.6 Å². The fourth-order valence-corrected chi connectivity index (χ4v) is 4.25. The number of aromatic nitrogens is 4. The van der Waals surface area contributed by atoms with Crippen LogP contribution >= 0.6 is 0 Å². The van der Waals surface area contributed by atoms with Crippen LogP contribution in [0.2, 0.25) is 0 Å². The SMILES string of the molecule is O=C(O)N1CCc2cccc(O[C@@H](c3ccnc4ncnn34)C3CCCN3)c2C1. The largest absolute Gasteiger partial charge is 0.482 e. The second-order valence-electron chi connectivity index (χ2n) is 7.43. The number of carbonyl (C=O) groups is 1. The van der Waals surface area contributed by atoms with Crippen LogP contribution < -0.4 is 10.1 Å². The van der Waals surface area contributed by atoms with E-state index >= 15 is 0 Å². The monoisotopic (exact) mass is 394 g/mol. The van der Waals surface area contributed by atoms with E-state index in [0.29, 0.717) is 25.3 Å². The van der Waals surface area contributed by atoms with Crippen LogP contribution in [0.25, 0.3) is 5.78 Å². The van der Waals surface area contributed by atoms with E-state index in [4.69, 9.17) is 4.74 Å². The molecule has 1 amide bonds. The third-order valence-corrected chi connectivity index (χ3v) is 5.72. The molecule has 0 aliphatic carbocycles. The quantitative estimate of drug-likeness (QED) is 0.698. The Bertz CT molecular complexity index is 1050. The van der Waals surface area contributed by atoms with Crippen LogP contribution in [-0.4, -0.2) is 54.8 Å². The Labute approximate surface area is 167 Å². The molecule has 9 nitrogen and oxygen atoms in total. The highest BCUT2D eigenvalue weighted by atomic mass is 16.5. The van der Waals surface area contributed by atoms with Crippen LogP contribution in [0.1, 0.15) is 35.8 Å². The van der Waals surface area contributed by atoms with Crippen LogP contribution in [0.4, 0.5) is 4.79 Å². The van der Waals surface area contributed by atoms with Gasteiger partial charge in [-0.1, -0.05) is 12.1 Å². The predicted octanol–water partition coefficient (Wildman–Crippen LogP) is 2.03. The lowest BCUT2D eigenvalue weighted by Gasteiger charge is -2.31. The van der Waals surface area contributed by atoms with Gasteiger partial charge in [0.2, 0.25) is 0 Å². The molecule has 2 atom stereocenters. The second-order valence-corrected chi connectivity index (χ2v) is 7.43. The summed E-state index contributed by atoms with van der Waals surface area (Å²) in [7, 11) is 0. The standard InChI is InChI=1S/C20H22N6O3/c27-20(28)25-10-7-13-3-1-5-17(14(13)11-25)29-18(15-4-2-8-21-15)16-6-9-22-19-23-12-24-26(16)19/h1,3,5-6,9,12,15,18,21H,2,4,7-8,10-11H2,(H,27,28)/t15?,18-/m1/s1. The molecule has 2 aromatic heterocycles. The molecule has 9 heteroatoms. The van der Waals surface area contributed by atoms with Gasteiger partial charge in [-0.25, -0.2) is 9.78 Å². The molecule has 29 heavy (non-hydrogen) atoms. The van der Waals surface area contributed by atoms with Crippen LogP contribution in [-0.2, 0) is 13.0 Å². The molecule has 1 saturated heterocycles. The Morgan fingerprint density at radius 3 is 3.07 bits per heavy atom. The average molecular weight is 394 g/mol. The highest BCUT2D eigenvalue weighted by molar-refractivity contribution is 5.66. The van der Waals surface area contributed by atoms with E-state index in [1.54, 1.807) is 10.7 Å². The van der Waals surface area contributed by atoms with Gasteiger partial charge in [-0.15, -0.1) is 0 Å². The third kappa shape index (κ3) is 3.27. The van der Waals surface area contributed by atoms with Crippen molar-refractivity contribution in [3.63, 3.8) is 0 Å². The summed E-state index contributed by atoms with van der Waals surface area (Å²) in [5, 5.41) is 17.3. The second kappa shape index (κ2) is 7.32. The predicted molar refractivity (Wildman–Crippen MR) is 104 cm³/mol. The molecule has 0 spiro atoms. The van der Waals surface area contributed by atoms with E-state index in [0.717, 1.165) is 42.0 Å². The zero-order chi connectivity index (χ0) is 19.8. The van der Waals surface area contributed by atoms with Crippen molar-refractivity contribution in [1.82, 2.24) is 29.8 Å². The van der Waals surface area contributed by atoms with Gasteiger partial charge in [-0.3, -0.25) is 0 Å². The van der Waals surface area contributed by atoms with Gasteiger partial charge in [0.25, 0.3) is 5.78 Å². The fourth-order valence-electron chi connectivity index (χ4n) is 4.25. The molecule has 2 aliphatic heterocycles. The Hall–Kier alpha value is -3.20. The van der Waals surface area contributed by atoms with Crippen molar-refractivity contribution in [1.29, 1.82) is 0 Å². The molecule has 2 aliphatic rings. The third-order valence-electron chi connectivity index (χ3n) is 5.72. The maximum atomic E-state index is 11.5. The molecule has 0 saturated carbocycles. The summed E-state index contributed by atoms with van der Waals surface area (Å²) in [6.07, 6.45) is 4.76. The van der Waals surface area contributed by atoms with Crippen molar-refractivity contribution in [2.75, 3.05) is 13.1 Å². The van der Waals surface area contributed by atoms with E-state index < -0.39 is 6.09 Å². The van der Waals surface area contributed by atoms with E-state index in [-0.39, 0.29) is 12.1 Å². The molecular weight excluding hydrogens is 372 g/mol. The molecule has 5 rings (SSSR count). The molecule has 0 radical (unpaired) electrons. The van der Waals surface area contributed by atoms with E-state index in [9.17, 15) is 9.90 Å². The van der Waals surface area contributed by atoms with Gasteiger partial charge in [0, 0.05) is 24.3 Å². The molecule has 1 aromatic carbocycles. The Balaban J connectivity index is 1.54. The summed E-state index contributed by atoms with van der Waals surface area (Å²) in [5.74, 6) is 1.25. The number of hydrogen-bond donors (Lipinski definition) is 2. The Morgan fingerprint density at radius 1 is 1.31 bits per heavy atom. The lowest BCUT2D eigenvalue weighted by molar-refractivity contribution is 0.133. The number of rotatable bonds is 4. The first-order valence-corrected chi connectivity index (χ1v) is 9.84. The van der Waals surface area contributed by atoms with Gasteiger partial charge >= 0.3 is 6.09 Å². The minimum Gasteiger partial charge on any atom is -0.482 e. The number of hydrogen-bond acceptors (Lipinski definition) is 6. The number of fused-ring (bicyclic) bond motifs is 2. The summed E-state index contributed by atoms with van der Waals surface area (Å²) < 4.78 is 8.30. The Kier molecular flexibility index (Phi) is 4.51. The number of nitrogens with one attached hydrogen (secondary N) is 1. The van der Waals surface area contributed by atoms with Crippen molar-refractivity contribution in [2.45, 2.75) is 38.0 Å². The van der Waals surface area contributed by atoms with Crippen LogP contribution in [0.15, 0.2) is 36.8 Å². The van der Waals surface area contributed by atoms with Gasteiger partial charge in [0.15, 0.2) is 6.10 Å². The van der Waals surface area contributed by atoms with Gasteiger partial charge in [0.05, 0.1) is 12.2 Å². The molecule has 3 aromatic rings. The lowest BCUT2D eigenvalue weighted by atomic mass is 9.98. The molecule has 0 bridgehead atoms. The highest BCUT2D eigenvalue weighted by Gasteiger charge is 2.32. The van der Waals surface area contributed by atoms with Crippen molar-refractivity contribution < 1.29 is 14.6 Å². The first-order chi connectivity index (χ1) is 14.2. The summed E-state index contributed by atoms with van der Waals surface area (Å²) >= 11 is 0. The normalized spacial score (nSPS) is 19.9. The maximum Gasteiger partial charge on any atom is 0.407 e. The molecule has 1 fully saturated rings. The molecule has 2 N–H and O–H groups in total. The summed E-state index contributed by atoms with van der Waals surface area (Å²) in [6.45, 7) is 1.78. The zero-order valence-corrected chi connectivity index (χ0v) is 15.9. The van der Waals surface area contributed by atoms with E-state index in [1.165, 1.54) is 11.2 Å². The Morgan fingerprint density at radius 2 is 2.24 bits per heavy atom. The smallest absolute Gasteiger partial charge is 0.407 e. The van der Waals surface area contributed by atoms with Crippen molar-refractivity contribution in [3.05, 3.63) is 53.6 Å². The van der Waals surface area contributed by atoms with Crippen molar-refractivity contribution >= 4 is 11.9 Å². The lowest BCUT2D eigenvalue weighted by Crippen LogP contribution is -2.36. The van der Waals surface area contributed by atoms with Crippen LogP contribution in [0, 0.1) is 0 Å². The van der Waals surface area contributed by atoms with Gasteiger partial charge < -0.3 is 20.1 Å². The van der Waals surface area contributed by atoms with Gasteiger partial charge in [-0.05, 0) is 43.5 Å². The van der Waals surface area contributed by atoms with Crippen molar-refractivity contribution in [2.24, 2.45) is 0 Å². The number of ether oxygens (including phenoxy) is 1. The number of benzene rings is 1. The minimum absolute atomic E-state index is 0.125. The molecule has 1 unspecified atom stereocenters. The minimum atomic E-state index is -0.905. The van der Waals surface area contributed by atoms with Gasteiger partial charge in [0.1, 0.15) is 12.1 Å². The molecule has 150 valence electrons. The van der Waals surface area contributed by atoms with E-state index in [2.05, 4.69) is 20.4 Å². The van der Waals surface area contributed by atoms with Crippen LogP contribution in [0.3, 0.4) is 0 Å². The first kappa shape index (κ1) is 17.9. The van der Waals surface area contributed by atoms with E-state index in [1.807, 2.05) is 24.3 Å². The average Bonchev–Trinajstić information content (AvgIpc) is 3.43. The topological polar surface area (TPSA) is 105 Å². The fraction of sp³-hybridized carbons (Fsp3) is 0.400.